The number of nitrogens with one attached hydrogen (secondary N) is 1. The van der Waals surface area contributed by atoms with Crippen LogP contribution >= 0.6 is 0 Å². The van der Waals surface area contributed by atoms with Crippen LogP contribution < -0.4 is 14.8 Å². The number of nitrogens with zero attached hydrogens (tertiary/aromatic N) is 2. The van der Waals surface area contributed by atoms with Gasteiger partial charge in [-0.25, -0.2) is 9.78 Å². The van der Waals surface area contributed by atoms with Gasteiger partial charge in [0.05, 0.1) is 25.2 Å². The van der Waals surface area contributed by atoms with E-state index in [1.54, 1.807) is 12.0 Å². The molecule has 3 heterocycles. The van der Waals surface area contributed by atoms with Gasteiger partial charge in [0.2, 0.25) is 11.8 Å². The third-order valence-corrected chi connectivity index (χ3v) is 10.3. The van der Waals surface area contributed by atoms with E-state index in [-0.39, 0.29) is 24.5 Å². The maximum Gasteiger partial charge on any atom is 0.408 e. The second-order valence-electron chi connectivity index (χ2n) is 14.2. The number of ether oxygens (including phenoxy) is 3. The van der Waals surface area contributed by atoms with E-state index in [4.69, 9.17) is 19.2 Å². The highest BCUT2D eigenvalue weighted by atomic mass is 16.6. The number of pyridine rings is 1. The lowest BCUT2D eigenvalue weighted by Crippen LogP contribution is -2.56. The zero-order chi connectivity index (χ0) is 30.5. The quantitative estimate of drug-likeness (QED) is 0.471. The van der Waals surface area contributed by atoms with Crippen molar-refractivity contribution in [3.8, 4) is 11.6 Å². The lowest BCUT2D eigenvalue weighted by molar-refractivity contribution is -0.139. The first-order valence-electron chi connectivity index (χ1n) is 15.9. The van der Waals surface area contributed by atoms with E-state index < -0.39 is 29.7 Å². The van der Waals surface area contributed by atoms with E-state index in [0.717, 1.165) is 67.0 Å². The molecule has 2 aliphatic carbocycles. The van der Waals surface area contributed by atoms with Gasteiger partial charge >= 0.3 is 6.09 Å². The lowest BCUT2D eigenvalue weighted by Gasteiger charge is -2.35. The first kappa shape index (κ1) is 29.7. The number of methoxy groups -OCH3 is 1. The van der Waals surface area contributed by atoms with Crippen LogP contribution in [-0.4, -0.2) is 66.1 Å². The molecular weight excluding hydrogens is 546 g/mol. The van der Waals surface area contributed by atoms with E-state index in [2.05, 4.69) is 11.4 Å². The normalized spacial score (nSPS) is 33.2. The minimum absolute atomic E-state index is 0.112. The van der Waals surface area contributed by atoms with E-state index in [9.17, 15) is 14.4 Å². The fourth-order valence-corrected chi connectivity index (χ4v) is 7.62. The van der Waals surface area contributed by atoms with Crippen LogP contribution in [0.4, 0.5) is 4.79 Å². The van der Waals surface area contributed by atoms with Crippen LogP contribution in [0.3, 0.4) is 0 Å². The summed E-state index contributed by atoms with van der Waals surface area (Å²) in [4.78, 5) is 46.2. The first-order valence-corrected chi connectivity index (χ1v) is 15.9. The van der Waals surface area contributed by atoms with Gasteiger partial charge in [-0.05, 0) is 73.5 Å². The van der Waals surface area contributed by atoms with Gasteiger partial charge in [0.1, 0.15) is 30.3 Å². The van der Waals surface area contributed by atoms with Crippen molar-refractivity contribution in [2.75, 3.05) is 13.7 Å². The van der Waals surface area contributed by atoms with Crippen LogP contribution in [-0.2, 0) is 20.7 Å². The molecule has 2 bridgehead atoms. The zero-order valence-corrected chi connectivity index (χ0v) is 26.0. The topological polar surface area (TPSA) is 107 Å². The van der Waals surface area contributed by atoms with Gasteiger partial charge < -0.3 is 29.2 Å². The van der Waals surface area contributed by atoms with Crippen LogP contribution in [0.25, 0.3) is 10.9 Å². The second kappa shape index (κ2) is 11.6. The molecule has 232 valence electrons. The third kappa shape index (κ3) is 5.92. The minimum Gasteiger partial charge on any atom is -0.497 e. The fraction of sp³-hybridized carbons (Fsp3) is 0.647. The molecule has 43 heavy (non-hydrogen) atoms. The molecule has 0 radical (unpaired) electrons. The van der Waals surface area contributed by atoms with Gasteiger partial charge in [-0.1, -0.05) is 40.5 Å². The van der Waals surface area contributed by atoms with Crippen molar-refractivity contribution >= 4 is 29.2 Å². The summed E-state index contributed by atoms with van der Waals surface area (Å²) >= 11 is 0. The maximum absolute atomic E-state index is 14.1. The molecular formula is C34H45N3O6. The van der Waals surface area contributed by atoms with E-state index in [0.29, 0.717) is 23.6 Å². The summed E-state index contributed by atoms with van der Waals surface area (Å²) < 4.78 is 18.1. The van der Waals surface area contributed by atoms with Crippen molar-refractivity contribution in [2.45, 2.75) is 96.9 Å². The molecule has 2 amide bonds. The molecule has 3 fully saturated rings. The molecule has 2 aromatic rings. The summed E-state index contributed by atoms with van der Waals surface area (Å²) in [7, 11) is 1.63. The summed E-state index contributed by atoms with van der Waals surface area (Å²) in [5, 5.41) is 3.92. The monoisotopic (exact) mass is 591 g/mol. The number of carbonyl (C=O) groups excluding carboxylic acids is 3. The fourth-order valence-electron chi connectivity index (χ4n) is 7.62. The standard InChI is InChI=1S/C34H45N3O6/c1-19-27(18-38)37-17-29(19)42-31-21(13-20-11-12-23(41-5)16-26(20)35-31)9-7-6-8-10-24-25-14-22(25)15-28(24)43-33(40)36-30(32(37)39)34(2,3)4/h11-13,16,18-19,22,24-25,27-30H,6-10,14-15,17H2,1-5H3,(H,36,40)/t19-,22?,24+,25?,27+,28+,29-,30+/m0/s1. The molecule has 6 rings (SSSR count). The highest BCUT2D eigenvalue weighted by Crippen LogP contribution is 2.57. The molecule has 4 aliphatic rings. The predicted octanol–water partition coefficient (Wildman–Crippen LogP) is 5.32. The number of aryl methyl sites for hydroxylation is 1. The molecule has 1 aromatic heterocycles. The Balaban J connectivity index is 1.34. The number of fused-ring (bicyclic) bond motifs is 7. The number of amides is 2. The summed E-state index contributed by atoms with van der Waals surface area (Å²) in [5.41, 5.74) is 1.20. The number of rotatable bonds is 2. The average Bonchev–Trinajstić information content (AvgIpc) is 3.55. The molecule has 2 unspecified atom stereocenters. The van der Waals surface area contributed by atoms with Gasteiger partial charge in [-0.3, -0.25) is 4.79 Å². The number of aromatic nitrogens is 1. The highest BCUT2D eigenvalue weighted by Gasteiger charge is 2.54. The highest BCUT2D eigenvalue weighted by molar-refractivity contribution is 5.89. The van der Waals surface area contributed by atoms with Gasteiger partial charge in [0.15, 0.2) is 0 Å². The van der Waals surface area contributed by atoms with Crippen LogP contribution in [0, 0.1) is 29.1 Å². The predicted molar refractivity (Wildman–Crippen MR) is 162 cm³/mol. The Kier molecular flexibility index (Phi) is 8.03. The molecule has 2 saturated carbocycles. The number of hydrogen-bond acceptors (Lipinski definition) is 7. The van der Waals surface area contributed by atoms with Crippen molar-refractivity contribution in [2.24, 2.45) is 29.1 Å². The van der Waals surface area contributed by atoms with Crippen LogP contribution in [0.15, 0.2) is 24.3 Å². The summed E-state index contributed by atoms with van der Waals surface area (Å²) in [6, 6.07) is 6.46. The van der Waals surface area contributed by atoms with Gasteiger partial charge in [-0.2, -0.15) is 0 Å². The Morgan fingerprint density at radius 2 is 1.86 bits per heavy atom. The maximum atomic E-state index is 14.1. The summed E-state index contributed by atoms with van der Waals surface area (Å²) in [5.74, 6) is 2.35. The minimum atomic E-state index is -0.858. The summed E-state index contributed by atoms with van der Waals surface area (Å²) in [6.45, 7) is 7.90. The Morgan fingerprint density at radius 3 is 2.60 bits per heavy atom. The summed E-state index contributed by atoms with van der Waals surface area (Å²) in [6.07, 6.45) is 6.83. The Labute approximate surface area is 254 Å². The smallest absolute Gasteiger partial charge is 0.408 e. The van der Waals surface area contributed by atoms with Crippen LogP contribution in [0.5, 0.6) is 11.6 Å². The molecule has 1 aromatic carbocycles. The zero-order valence-electron chi connectivity index (χ0n) is 26.0. The first-order chi connectivity index (χ1) is 20.6. The van der Waals surface area contributed by atoms with Crippen molar-refractivity contribution in [3.05, 3.63) is 29.8 Å². The van der Waals surface area contributed by atoms with Gasteiger partial charge in [0.25, 0.3) is 0 Å². The van der Waals surface area contributed by atoms with E-state index in [1.807, 2.05) is 45.9 Å². The number of hydrogen-bond donors (Lipinski definition) is 1. The van der Waals surface area contributed by atoms with Crippen LogP contribution in [0.1, 0.15) is 71.8 Å². The van der Waals surface area contributed by atoms with Crippen LogP contribution in [0.2, 0.25) is 0 Å². The number of benzene rings is 1. The number of aldehydes is 1. The second-order valence-corrected chi connectivity index (χ2v) is 14.2. The molecule has 9 heteroatoms. The molecule has 0 spiro atoms. The average molecular weight is 592 g/mol. The lowest BCUT2D eigenvalue weighted by atomic mass is 9.85. The SMILES string of the molecule is COc1ccc2cc3c(nc2c1)O[C@H]1CN(C(=O)[C@H](C(C)(C)C)NC(=O)O[C@@H]2CC4CC4[C@H]2CCCCC3)[C@H](C=O)[C@@H]1C. The largest absolute Gasteiger partial charge is 0.497 e. The molecule has 9 nitrogen and oxygen atoms in total. The molecule has 8 atom stereocenters. The van der Waals surface area contributed by atoms with Crippen molar-refractivity contribution in [3.63, 3.8) is 0 Å². The Bertz CT molecular complexity index is 1390. The van der Waals surface area contributed by atoms with Crippen molar-refractivity contribution < 1.29 is 28.6 Å². The van der Waals surface area contributed by atoms with Gasteiger partial charge in [0, 0.05) is 22.9 Å². The molecule has 2 aliphatic heterocycles. The molecule has 1 N–H and O–H groups in total. The Hall–Kier alpha value is -3.36. The molecule has 1 saturated heterocycles. The number of alkyl carbamates (subject to hydrolysis) is 1. The van der Waals surface area contributed by atoms with Gasteiger partial charge in [-0.15, -0.1) is 0 Å². The van der Waals surface area contributed by atoms with Crippen molar-refractivity contribution in [1.29, 1.82) is 0 Å². The Morgan fingerprint density at radius 1 is 1.05 bits per heavy atom. The van der Waals surface area contributed by atoms with E-state index >= 15 is 0 Å². The number of carbonyl (C=O) groups is 3. The van der Waals surface area contributed by atoms with Crippen molar-refractivity contribution in [1.82, 2.24) is 15.2 Å². The third-order valence-electron chi connectivity index (χ3n) is 10.3. The van der Waals surface area contributed by atoms with E-state index in [1.165, 1.54) is 6.42 Å².